The average Bonchev–Trinajstić information content (AvgIpc) is 1.60. The van der Waals surface area contributed by atoms with Crippen molar-refractivity contribution >= 4 is 17.7 Å². The van der Waals surface area contributed by atoms with Gasteiger partial charge in [0.15, 0.2) is 0 Å². The fraction of sp³-hybridized carbons (Fsp3) is 1.00. The summed E-state index contributed by atoms with van der Waals surface area (Å²) >= 11 is 0. The summed E-state index contributed by atoms with van der Waals surface area (Å²) in [6, 6.07) is 0. The predicted octanol–water partition coefficient (Wildman–Crippen LogP) is 0.432. The maximum atomic E-state index is 10.8. The highest BCUT2D eigenvalue weighted by atomic mass is 32.2. The van der Waals surface area contributed by atoms with Crippen LogP contribution in [0.1, 0.15) is 0 Å². The Morgan fingerprint density at radius 1 is 1.40 bits per heavy atom. The van der Waals surface area contributed by atoms with E-state index in [-0.39, 0.29) is 0 Å². The molecule has 0 aromatic carbocycles. The molecule has 0 aromatic heterocycles. The van der Waals surface area contributed by atoms with Crippen LogP contribution in [0.15, 0.2) is 0 Å². The molecule has 0 bridgehead atoms. The van der Waals surface area contributed by atoms with Crippen LogP contribution in [0.25, 0.3) is 0 Å². The predicted molar refractivity (Wildman–Crippen MR) is 36.5 cm³/mol. The third kappa shape index (κ3) is 4.93. The third-order valence-electron chi connectivity index (χ3n) is 0.602. The monoisotopic (exact) mass is 188 g/mol. The summed E-state index contributed by atoms with van der Waals surface area (Å²) in [5.74, 6) is 0. The van der Waals surface area contributed by atoms with Gasteiger partial charge >= 0.3 is 7.60 Å². The Labute approximate surface area is 60.0 Å². The van der Waals surface area contributed by atoms with Crippen molar-refractivity contribution in [2.24, 2.45) is 0 Å². The van der Waals surface area contributed by atoms with Gasteiger partial charge in [-0.1, -0.05) is 0 Å². The highest BCUT2D eigenvalue weighted by Gasteiger charge is 2.20. The van der Waals surface area contributed by atoms with Crippen molar-refractivity contribution in [3.63, 3.8) is 0 Å². The molecule has 0 amide bonds. The first-order valence-corrected chi connectivity index (χ1v) is 6.12. The summed E-state index contributed by atoms with van der Waals surface area (Å²) < 4.78 is 39.8. The lowest BCUT2D eigenvalue weighted by Crippen LogP contribution is -2.00. The third-order valence-corrected chi connectivity index (χ3v) is 3.43. The fourth-order valence-electron chi connectivity index (χ4n) is 0.276. The molecule has 0 aliphatic rings. The van der Waals surface area contributed by atoms with Gasteiger partial charge in [-0.3, -0.25) is 4.57 Å². The van der Waals surface area contributed by atoms with Crippen LogP contribution in [-0.4, -0.2) is 28.4 Å². The lowest BCUT2D eigenvalue weighted by atomic mass is 11.8. The van der Waals surface area contributed by atoms with Crippen LogP contribution in [0.5, 0.6) is 0 Å². The maximum absolute atomic E-state index is 10.8. The van der Waals surface area contributed by atoms with E-state index in [9.17, 15) is 13.0 Å². The first-order valence-electron chi connectivity index (χ1n) is 2.31. The van der Waals surface area contributed by atoms with Gasteiger partial charge in [-0.15, -0.1) is 0 Å². The van der Waals surface area contributed by atoms with Gasteiger partial charge in [-0.25, -0.2) is 0 Å². The van der Waals surface area contributed by atoms with Crippen molar-refractivity contribution in [3.05, 3.63) is 0 Å². The van der Waals surface area contributed by atoms with Crippen molar-refractivity contribution in [3.8, 4) is 0 Å². The molecule has 1 atom stereocenters. The van der Waals surface area contributed by atoms with E-state index >= 15 is 0 Å². The Hall–Kier alpha value is 0.100. The minimum atomic E-state index is -3.68. The van der Waals surface area contributed by atoms with E-state index < -0.39 is 17.7 Å². The summed E-state index contributed by atoms with van der Waals surface area (Å²) in [5.41, 5.74) is 0. The molecule has 0 aromatic rings. The minimum Gasteiger partial charge on any atom is -0.311 e. The second-order valence-corrected chi connectivity index (χ2v) is 5.64. The maximum Gasteiger partial charge on any atom is 0.341 e. The molecule has 10 heavy (non-hydrogen) atoms. The highest BCUT2D eigenvalue weighted by molar-refractivity contribution is 7.90. The smallest absolute Gasteiger partial charge is 0.311 e. The molecule has 0 saturated carbocycles. The van der Waals surface area contributed by atoms with Crippen LogP contribution in [0.2, 0.25) is 0 Å². The van der Waals surface area contributed by atoms with Crippen molar-refractivity contribution in [2.45, 2.75) is 0 Å². The zero-order valence-electron chi connectivity index (χ0n) is 5.90. The van der Waals surface area contributed by atoms with Crippen molar-refractivity contribution in [1.82, 2.24) is 0 Å². The first-order chi connectivity index (χ1) is 4.27. The van der Waals surface area contributed by atoms with Crippen LogP contribution in [0.3, 0.4) is 0 Å². The molecule has 7 heteroatoms. The second-order valence-electron chi connectivity index (χ2n) is 1.73. The molecule has 0 radical (unpaired) electrons. The zero-order chi connectivity index (χ0) is 8.41. The molecule has 0 fully saturated rings. The van der Waals surface area contributed by atoms with Gasteiger partial charge in [0.1, 0.15) is 0 Å². The fourth-order valence-corrected chi connectivity index (χ4v) is 2.49. The first kappa shape index (κ1) is 10.1. The van der Waals surface area contributed by atoms with Gasteiger partial charge in [0.25, 0.3) is 10.1 Å². The van der Waals surface area contributed by atoms with Gasteiger partial charge < -0.3 is 4.52 Å². The van der Waals surface area contributed by atoms with Gasteiger partial charge in [0.2, 0.25) is 0 Å². The Kier molecular flexibility index (Phi) is 3.03. The number of hydrogen-bond donors (Lipinski definition) is 0. The molecule has 0 saturated heterocycles. The van der Waals surface area contributed by atoms with Crippen molar-refractivity contribution in [1.29, 1.82) is 0 Å². The van der Waals surface area contributed by atoms with Gasteiger partial charge in [-0.05, 0) is 0 Å². The SMILES string of the molecule is COP(C)(=O)OS(C)(=O)=O. The molecule has 0 heterocycles. The lowest BCUT2D eigenvalue weighted by Gasteiger charge is -2.07. The standard InChI is InChI=1S/C3H9O5PS/c1-7-9(2,4)8-10(3,5)6/h1-3H3. The Morgan fingerprint density at radius 2 is 1.80 bits per heavy atom. The molecule has 0 N–H and O–H groups in total. The normalized spacial score (nSPS) is 18.3. The summed E-state index contributed by atoms with van der Waals surface area (Å²) in [7, 11) is -5.95. The molecule has 0 aliphatic heterocycles. The lowest BCUT2D eigenvalue weighted by molar-refractivity contribution is 0.330. The Bertz CT molecular complexity index is 242. The molecular weight excluding hydrogens is 179 g/mol. The molecule has 0 spiro atoms. The molecule has 0 aliphatic carbocycles. The Morgan fingerprint density at radius 3 is 1.90 bits per heavy atom. The van der Waals surface area contributed by atoms with E-state index in [1.807, 2.05) is 0 Å². The summed E-state index contributed by atoms with van der Waals surface area (Å²) in [6.45, 7) is 1.08. The number of rotatable bonds is 3. The van der Waals surface area contributed by atoms with Crippen molar-refractivity contribution < 1.29 is 21.5 Å². The van der Waals surface area contributed by atoms with Crippen LogP contribution < -0.4 is 0 Å². The largest absolute Gasteiger partial charge is 0.341 e. The van der Waals surface area contributed by atoms with Gasteiger partial charge in [0.05, 0.1) is 6.26 Å². The van der Waals surface area contributed by atoms with Crippen molar-refractivity contribution in [2.75, 3.05) is 20.0 Å². The number of hydrogen-bond acceptors (Lipinski definition) is 5. The summed E-state index contributed by atoms with van der Waals surface area (Å²) in [4.78, 5) is 0. The van der Waals surface area contributed by atoms with Crippen LogP contribution >= 0.6 is 7.60 Å². The molecule has 1 unspecified atom stereocenters. The van der Waals surface area contributed by atoms with Crippen LogP contribution in [0.4, 0.5) is 0 Å². The average molecular weight is 188 g/mol. The summed E-state index contributed by atoms with van der Waals surface area (Å²) in [5, 5.41) is 0. The van der Waals surface area contributed by atoms with Gasteiger partial charge in [0, 0.05) is 13.8 Å². The molecule has 5 nitrogen and oxygen atoms in total. The molecular formula is C3H9O5PS. The Balaban J connectivity index is 4.32. The van der Waals surface area contributed by atoms with E-state index in [0.29, 0.717) is 0 Å². The van der Waals surface area contributed by atoms with E-state index in [1.165, 1.54) is 0 Å². The highest BCUT2D eigenvalue weighted by Crippen LogP contribution is 2.43. The quantitative estimate of drug-likeness (QED) is 0.600. The minimum absolute atomic E-state index is 0.808. The molecule has 62 valence electrons. The van der Waals surface area contributed by atoms with Crippen LogP contribution in [0, 0.1) is 0 Å². The second kappa shape index (κ2) is 3.00. The zero-order valence-corrected chi connectivity index (χ0v) is 7.61. The van der Waals surface area contributed by atoms with E-state index in [1.54, 1.807) is 0 Å². The van der Waals surface area contributed by atoms with E-state index in [2.05, 4.69) is 8.49 Å². The van der Waals surface area contributed by atoms with E-state index in [4.69, 9.17) is 0 Å². The van der Waals surface area contributed by atoms with Gasteiger partial charge in [-0.2, -0.15) is 12.4 Å². The van der Waals surface area contributed by atoms with Crippen LogP contribution in [-0.2, 0) is 23.2 Å². The van der Waals surface area contributed by atoms with E-state index in [0.717, 1.165) is 20.0 Å². The topological polar surface area (TPSA) is 69.7 Å². The summed E-state index contributed by atoms with van der Waals surface area (Å²) in [6.07, 6.45) is 0.808. The molecule has 0 rings (SSSR count).